The van der Waals surface area contributed by atoms with Crippen LogP contribution in [0, 0.1) is 0 Å². The molecule has 0 aromatic carbocycles. The van der Waals surface area contributed by atoms with Gasteiger partial charge in [0.05, 0.1) is 18.3 Å². The minimum Gasteiger partial charge on any atom is -0.350 e. The van der Waals surface area contributed by atoms with E-state index in [-0.39, 0.29) is 29.9 Å². The summed E-state index contributed by atoms with van der Waals surface area (Å²) in [5, 5.41) is 7.94. The molecule has 0 aliphatic carbocycles. The Bertz CT molecular complexity index is 758. The number of likely N-dealkylation sites (N-methyl/N-ethyl adjacent to an activating group) is 1. The molecule has 7 nitrogen and oxygen atoms in total. The summed E-state index contributed by atoms with van der Waals surface area (Å²) in [4.78, 5) is 30.2. The van der Waals surface area contributed by atoms with Crippen molar-refractivity contribution in [3.05, 3.63) is 24.0 Å². The van der Waals surface area contributed by atoms with Crippen molar-refractivity contribution in [1.29, 1.82) is 0 Å². The highest BCUT2D eigenvalue weighted by atomic mass is 16.2. The van der Waals surface area contributed by atoms with Gasteiger partial charge in [-0.15, -0.1) is 0 Å². The fourth-order valence-corrected chi connectivity index (χ4v) is 2.40. The number of fused-ring (bicyclic) bond motifs is 1. The Balaban J connectivity index is 2.14. The fourth-order valence-electron chi connectivity index (χ4n) is 2.40. The summed E-state index contributed by atoms with van der Waals surface area (Å²) in [5.74, 6) is -0.439. The van der Waals surface area contributed by atoms with Crippen molar-refractivity contribution in [2.45, 2.75) is 46.2 Å². The van der Waals surface area contributed by atoms with E-state index in [9.17, 15) is 9.59 Å². The van der Waals surface area contributed by atoms with Crippen LogP contribution < -0.4 is 5.32 Å². The maximum absolute atomic E-state index is 12.5. The lowest BCUT2D eigenvalue weighted by Crippen LogP contribution is -2.46. The number of carbonyl (C=O) groups excluding carboxylic acids is 2. The van der Waals surface area contributed by atoms with Crippen molar-refractivity contribution in [3.8, 4) is 0 Å². The quantitative estimate of drug-likeness (QED) is 0.929. The lowest BCUT2D eigenvalue weighted by molar-refractivity contribution is -0.122. The standard InChI is InChI=1S/C17H25N5O2/c1-11(2)22-15-12(9-19-22)7-13(8-18-15)16(24)21(6)10-14(23)20-17(3,4)5/h7-9,11H,10H2,1-6H3,(H,20,23). The molecule has 0 fully saturated rings. The lowest BCUT2D eigenvalue weighted by Gasteiger charge is -2.23. The summed E-state index contributed by atoms with van der Waals surface area (Å²) in [5.41, 5.74) is 0.860. The zero-order chi connectivity index (χ0) is 18.1. The molecule has 0 unspecified atom stereocenters. The lowest BCUT2D eigenvalue weighted by atomic mass is 10.1. The molecule has 2 aromatic rings. The SMILES string of the molecule is CC(C)n1ncc2cc(C(=O)N(C)CC(=O)NC(C)(C)C)cnc21. The predicted molar refractivity (Wildman–Crippen MR) is 92.8 cm³/mol. The van der Waals surface area contributed by atoms with Crippen molar-refractivity contribution < 1.29 is 9.59 Å². The van der Waals surface area contributed by atoms with Gasteiger partial charge in [-0.3, -0.25) is 9.59 Å². The number of hydrogen-bond acceptors (Lipinski definition) is 4. The van der Waals surface area contributed by atoms with Gasteiger partial charge in [0.1, 0.15) is 0 Å². The second-order valence-corrected chi connectivity index (χ2v) is 7.28. The molecule has 0 atom stereocenters. The van der Waals surface area contributed by atoms with Crippen molar-refractivity contribution in [1.82, 2.24) is 25.0 Å². The molecular weight excluding hydrogens is 306 g/mol. The van der Waals surface area contributed by atoms with Crippen molar-refractivity contribution in [2.24, 2.45) is 0 Å². The van der Waals surface area contributed by atoms with Gasteiger partial charge in [-0.25, -0.2) is 9.67 Å². The van der Waals surface area contributed by atoms with Gasteiger partial charge in [-0.1, -0.05) is 0 Å². The van der Waals surface area contributed by atoms with Crippen LogP contribution in [-0.2, 0) is 4.79 Å². The number of pyridine rings is 1. The van der Waals surface area contributed by atoms with Crippen molar-refractivity contribution >= 4 is 22.8 Å². The molecule has 2 rings (SSSR count). The largest absolute Gasteiger partial charge is 0.350 e. The van der Waals surface area contributed by atoms with Gasteiger partial charge in [0.15, 0.2) is 5.65 Å². The van der Waals surface area contributed by atoms with Gasteiger partial charge in [0, 0.05) is 30.2 Å². The van der Waals surface area contributed by atoms with Crippen LogP contribution in [0.25, 0.3) is 11.0 Å². The third-order valence-electron chi connectivity index (χ3n) is 3.41. The first-order chi connectivity index (χ1) is 11.1. The van der Waals surface area contributed by atoms with Crippen LogP contribution in [-0.4, -0.2) is 50.6 Å². The molecule has 2 aromatic heterocycles. The predicted octanol–water partition coefficient (Wildman–Crippen LogP) is 2.00. The molecule has 7 heteroatoms. The highest BCUT2D eigenvalue weighted by molar-refractivity contribution is 5.98. The maximum atomic E-state index is 12.5. The van der Waals surface area contributed by atoms with Gasteiger partial charge < -0.3 is 10.2 Å². The molecule has 0 aliphatic rings. The first kappa shape index (κ1) is 17.9. The fraction of sp³-hybridized carbons (Fsp3) is 0.529. The number of nitrogens with one attached hydrogen (secondary N) is 1. The summed E-state index contributed by atoms with van der Waals surface area (Å²) < 4.78 is 1.81. The Hall–Kier alpha value is -2.44. The molecular formula is C17H25N5O2. The molecule has 0 radical (unpaired) electrons. The average molecular weight is 331 g/mol. The summed E-state index contributed by atoms with van der Waals surface area (Å²) >= 11 is 0. The van der Waals surface area contributed by atoms with E-state index in [0.29, 0.717) is 5.56 Å². The molecule has 0 aliphatic heterocycles. The van der Waals surface area contributed by atoms with Gasteiger partial charge in [0.25, 0.3) is 5.91 Å². The summed E-state index contributed by atoms with van der Waals surface area (Å²) in [6, 6.07) is 1.95. The molecule has 130 valence electrons. The minimum atomic E-state index is -0.327. The molecule has 0 saturated carbocycles. The minimum absolute atomic E-state index is 0.000599. The van der Waals surface area contributed by atoms with Crippen molar-refractivity contribution in [3.63, 3.8) is 0 Å². The van der Waals surface area contributed by atoms with Crippen LogP contribution in [0.4, 0.5) is 0 Å². The van der Waals surface area contributed by atoms with Crippen LogP contribution >= 0.6 is 0 Å². The highest BCUT2D eigenvalue weighted by Gasteiger charge is 2.19. The number of hydrogen-bond donors (Lipinski definition) is 1. The van der Waals surface area contributed by atoms with E-state index >= 15 is 0 Å². The second-order valence-electron chi connectivity index (χ2n) is 7.28. The Morgan fingerprint density at radius 1 is 1.29 bits per heavy atom. The van der Waals surface area contributed by atoms with Crippen LogP contribution in [0.5, 0.6) is 0 Å². The number of amides is 2. The van der Waals surface area contributed by atoms with Crippen LogP contribution in [0.15, 0.2) is 18.5 Å². The summed E-state index contributed by atoms with van der Waals surface area (Å²) in [6.45, 7) is 9.74. The van der Waals surface area contributed by atoms with Gasteiger partial charge in [-0.2, -0.15) is 5.10 Å². The maximum Gasteiger partial charge on any atom is 0.255 e. The third-order valence-corrected chi connectivity index (χ3v) is 3.41. The van der Waals surface area contributed by atoms with E-state index in [1.165, 1.54) is 11.1 Å². The average Bonchev–Trinajstić information content (AvgIpc) is 2.87. The monoisotopic (exact) mass is 331 g/mol. The number of aromatic nitrogens is 3. The van der Waals surface area contributed by atoms with Crippen LogP contribution in [0.2, 0.25) is 0 Å². The van der Waals surface area contributed by atoms with Crippen molar-refractivity contribution in [2.75, 3.05) is 13.6 Å². The highest BCUT2D eigenvalue weighted by Crippen LogP contribution is 2.17. The molecule has 2 amide bonds. The normalized spacial score (nSPS) is 11.8. The number of carbonyl (C=O) groups is 2. The molecule has 24 heavy (non-hydrogen) atoms. The summed E-state index contributed by atoms with van der Waals surface area (Å²) in [6.07, 6.45) is 3.23. The molecule has 1 N–H and O–H groups in total. The van der Waals surface area contributed by atoms with E-state index in [0.717, 1.165) is 11.0 Å². The Labute approximate surface area is 142 Å². The summed E-state index contributed by atoms with van der Waals surface area (Å²) in [7, 11) is 1.60. The van der Waals surface area contributed by atoms with E-state index in [2.05, 4.69) is 15.4 Å². The Kier molecular flexibility index (Phi) is 4.91. The van der Waals surface area contributed by atoms with E-state index in [1.807, 2.05) is 39.3 Å². The van der Waals surface area contributed by atoms with Gasteiger partial charge in [-0.05, 0) is 40.7 Å². The van der Waals surface area contributed by atoms with E-state index in [1.54, 1.807) is 19.3 Å². The molecule has 0 saturated heterocycles. The number of rotatable bonds is 4. The first-order valence-electron chi connectivity index (χ1n) is 7.98. The molecule has 2 heterocycles. The topological polar surface area (TPSA) is 80.1 Å². The number of nitrogens with zero attached hydrogens (tertiary/aromatic N) is 4. The zero-order valence-electron chi connectivity index (χ0n) is 15.1. The smallest absolute Gasteiger partial charge is 0.255 e. The Morgan fingerprint density at radius 2 is 1.96 bits per heavy atom. The van der Waals surface area contributed by atoms with Gasteiger partial charge in [0.2, 0.25) is 5.91 Å². The van der Waals surface area contributed by atoms with Gasteiger partial charge >= 0.3 is 0 Å². The molecule has 0 bridgehead atoms. The van der Waals surface area contributed by atoms with E-state index < -0.39 is 0 Å². The second kappa shape index (κ2) is 6.59. The third kappa shape index (κ3) is 4.10. The van der Waals surface area contributed by atoms with Crippen LogP contribution in [0.1, 0.15) is 51.0 Å². The zero-order valence-corrected chi connectivity index (χ0v) is 15.1. The molecule has 0 spiro atoms. The van der Waals surface area contributed by atoms with E-state index in [4.69, 9.17) is 0 Å². The van der Waals surface area contributed by atoms with Crippen LogP contribution in [0.3, 0.4) is 0 Å². The Morgan fingerprint density at radius 3 is 2.54 bits per heavy atom. The first-order valence-corrected chi connectivity index (χ1v) is 7.98.